The Kier molecular flexibility index (Phi) is 10.4. The van der Waals surface area contributed by atoms with E-state index in [9.17, 15) is 9.90 Å². The number of halogens is 1. The Labute approximate surface area is 170 Å². The Bertz CT molecular complexity index is 662. The zero-order valence-electron chi connectivity index (χ0n) is 14.6. The van der Waals surface area contributed by atoms with Gasteiger partial charge in [-0.05, 0) is 17.7 Å². The molecule has 0 aliphatic rings. The second-order valence-corrected chi connectivity index (χ2v) is 5.40. The zero-order chi connectivity index (χ0) is 17.9. The zero-order valence-corrected chi connectivity index (χ0v) is 17.0. The Hall–Kier alpha value is -2.07. The molecular formula is C18H25IN4O3. The summed E-state index contributed by atoms with van der Waals surface area (Å²) >= 11 is 0. The van der Waals surface area contributed by atoms with Crippen LogP contribution in [0.5, 0.6) is 0 Å². The maximum atomic E-state index is 11.7. The molecule has 2 rings (SSSR count). The highest BCUT2D eigenvalue weighted by Gasteiger charge is 2.11. The lowest BCUT2D eigenvalue weighted by atomic mass is 10.0. The fraction of sp³-hybridized carbons (Fsp3) is 0.333. The van der Waals surface area contributed by atoms with Crippen molar-refractivity contribution in [3.63, 3.8) is 0 Å². The molecule has 26 heavy (non-hydrogen) atoms. The number of nitrogens with one attached hydrogen (secondary N) is 3. The van der Waals surface area contributed by atoms with Crippen LogP contribution in [0.2, 0.25) is 0 Å². The molecule has 0 spiro atoms. The highest BCUT2D eigenvalue weighted by molar-refractivity contribution is 14.0. The van der Waals surface area contributed by atoms with E-state index in [0.29, 0.717) is 25.6 Å². The molecule has 0 saturated carbocycles. The van der Waals surface area contributed by atoms with E-state index >= 15 is 0 Å². The number of furan rings is 1. The van der Waals surface area contributed by atoms with Crippen molar-refractivity contribution in [1.29, 1.82) is 0 Å². The van der Waals surface area contributed by atoms with Crippen LogP contribution in [0.25, 0.3) is 0 Å². The quantitative estimate of drug-likeness (QED) is 0.202. The van der Waals surface area contributed by atoms with Gasteiger partial charge < -0.3 is 25.5 Å². The summed E-state index contributed by atoms with van der Waals surface area (Å²) in [4.78, 5) is 15.9. The molecule has 0 saturated heterocycles. The van der Waals surface area contributed by atoms with Gasteiger partial charge in [0.2, 0.25) is 0 Å². The van der Waals surface area contributed by atoms with Gasteiger partial charge in [-0.15, -0.1) is 24.0 Å². The summed E-state index contributed by atoms with van der Waals surface area (Å²) in [5.74, 6) is 0.635. The van der Waals surface area contributed by atoms with Gasteiger partial charge in [-0.3, -0.25) is 9.79 Å². The third-order valence-corrected chi connectivity index (χ3v) is 3.68. The number of aliphatic hydroxyl groups excluding tert-OH is 1. The summed E-state index contributed by atoms with van der Waals surface area (Å²) in [6.45, 7) is 1.55. The van der Waals surface area contributed by atoms with Gasteiger partial charge in [-0.1, -0.05) is 30.3 Å². The van der Waals surface area contributed by atoms with Crippen molar-refractivity contribution in [2.24, 2.45) is 4.99 Å². The number of rotatable bonds is 8. The monoisotopic (exact) mass is 472 g/mol. The number of aliphatic imine (C=N–C) groups is 1. The van der Waals surface area contributed by atoms with E-state index < -0.39 is 0 Å². The Morgan fingerprint density at radius 3 is 2.46 bits per heavy atom. The van der Waals surface area contributed by atoms with Gasteiger partial charge in [-0.2, -0.15) is 0 Å². The third-order valence-electron chi connectivity index (χ3n) is 3.68. The predicted molar refractivity (Wildman–Crippen MR) is 112 cm³/mol. The molecule has 1 amide bonds. The molecule has 2 aromatic rings. The van der Waals surface area contributed by atoms with Crippen LogP contribution in [0.15, 0.2) is 58.1 Å². The second-order valence-electron chi connectivity index (χ2n) is 5.40. The van der Waals surface area contributed by atoms with Crippen molar-refractivity contribution in [1.82, 2.24) is 16.0 Å². The predicted octanol–water partition coefficient (Wildman–Crippen LogP) is 1.57. The Morgan fingerprint density at radius 1 is 1.12 bits per heavy atom. The number of carbonyl (C=O) groups excluding carboxylic acids is 1. The van der Waals surface area contributed by atoms with E-state index in [-0.39, 0.29) is 48.2 Å². The molecule has 0 bridgehead atoms. The largest absolute Gasteiger partial charge is 0.459 e. The normalized spacial score (nSPS) is 12.0. The number of nitrogens with zero attached hydrogens (tertiary/aromatic N) is 1. The van der Waals surface area contributed by atoms with Gasteiger partial charge in [0, 0.05) is 32.6 Å². The van der Waals surface area contributed by atoms with E-state index in [0.717, 1.165) is 5.56 Å². The first-order chi connectivity index (χ1) is 12.2. The third kappa shape index (κ3) is 7.04. The van der Waals surface area contributed by atoms with Crippen LogP contribution in [-0.4, -0.2) is 50.3 Å². The first kappa shape index (κ1) is 22.0. The van der Waals surface area contributed by atoms with Crippen LogP contribution in [-0.2, 0) is 0 Å². The second kappa shape index (κ2) is 12.3. The molecule has 142 valence electrons. The van der Waals surface area contributed by atoms with Crippen molar-refractivity contribution < 1.29 is 14.3 Å². The molecule has 1 unspecified atom stereocenters. The topological polar surface area (TPSA) is 98.9 Å². The molecule has 8 heteroatoms. The van der Waals surface area contributed by atoms with Crippen LogP contribution in [0.3, 0.4) is 0 Å². The summed E-state index contributed by atoms with van der Waals surface area (Å²) in [6.07, 6.45) is 1.46. The van der Waals surface area contributed by atoms with Crippen LogP contribution in [0, 0.1) is 0 Å². The van der Waals surface area contributed by atoms with Gasteiger partial charge in [0.15, 0.2) is 11.7 Å². The molecule has 4 N–H and O–H groups in total. The number of carbonyl (C=O) groups is 1. The lowest BCUT2D eigenvalue weighted by Crippen LogP contribution is -2.43. The number of amides is 1. The first-order valence-corrected chi connectivity index (χ1v) is 8.16. The molecule has 1 atom stereocenters. The summed E-state index contributed by atoms with van der Waals surface area (Å²) in [5, 5.41) is 18.6. The van der Waals surface area contributed by atoms with Gasteiger partial charge in [0.05, 0.1) is 12.9 Å². The Balaban J connectivity index is 0.00000338. The maximum Gasteiger partial charge on any atom is 0.287 e. The number of benzene rings is 1. The summed E-state index contributed by atoms with van der Waals surface area (Å²) < 4.78 is 5.02. The molecule has 1 heterocycles. The molecule has 0 fully saturated rings. The fourth-order valence-electron chi connectivity index (χ4n) is 2.31. The van der Waals surface area contributed by atoms with Gasteiger partial charge >= 0.3 is 0 Å². The van der Waals surface area contributed by atoms with E-state index in [1.807, 2.05) is 30.3 Å². The molecule has 7 nitrogen and oxygen atoms in total. The molecule has 0 radical (unpaired) electrons. The maximum absolute atomic E-state index is 11.7. The standard InChI is InChI=1S/C18H24N4O3.HI/c1-19-18(21-10-9-20-17(24)16-8-5-11-25-16)22-12-15(13-23)14-6-3-2-4-7-14;/h2-8,11,15,23H,9-10,12-13H2,1H3,(H,20,24)(H2,19,21,22);1H. The summed E-state index contributed by atoms with van der Waals surface area (Å²) in [7, 11) is 1.67. The van der Waals surface area contributed by atoms with Crippen molar-refractivity contribution in [2.75, 3.05) is 33.3 Å². The number of aliphatic hydroxyl groups is 1. The van der Waals surface area contributed by atoms with Crippen molar-refractivity contribution in [3.8, 4) is 0 Å². The summed E-state index contributed by atoms with van der Waals surface area (Å²) in [5.41, 5.74) is 1.07. The minimum absolute atomic E-state index is 0. The lowest BCUT2D eigenvalue weighted by Gasteiger charge is -2.18. The molecule has 1 aromatic heterocycles. The van der Waals surface area contributed by atoms with E-state index in [1.165, 1.54) is 6.26 Å². The molecule has 0 aliphatic heterocycles. The fourth-order valence-corrected chi connectivity index (χ4v) is 2.31. The van der Waals surface area contributed by atoms with E-state index in [2.05, 4.69) is 20.9 Å². The molecular weight excluding hydrogens is 447 g/mol. The van der Waals surface area contributed by atoms with E-state index in [4.69, 9.17) is 4.42 Å². The average molecular weight is 472 g/mol. The van der Waals surface area contributed by atoms with Crippen LogP contribution >= 0.6 is 24.0 Å². The molecule has 1 aromatic carbocycles. The smallest absolute Gasteiger partial charge is 0.287 e. The Morgan fingerprint density at radius 2 is 1.85 bits per heavy atom. The molecule has 0 aliphatic carbocycles. The first-order valence-electron chi connectivity index (χ1n) is 8.16. The van der Waals surface area contributed by atoms with Gasteiger partial charge in [-0.25, -0.2) is 0 Å². The van der Waals surface area contributed by atoms with E-state index in [1.54, 1.807) is 19.2 Å². The van der Waals surface area contributed by atoms with Crippen molar-refractivity contribution >= 4 is 35.8 Å². The minimum Gasteiger partial charge on any atom is -0.459 e. The highest BCUT2D eigenvalue weighted by atomic mass is 127. The van der Waals surface area contributed by atoms with Crippen LogP contribution in [0.1, 0.15) is 22.0 Å². The lowest BCUT2D eigenvalue weighted by molar-refractivity contribution is 0.0926. The number of hydrogen-bond donors (Lipinski definition) is 4. The van der Waals surface area contributed by atoms with Gasteiger partial charge in [0.1, 0.15) is 0 Å². The highest BCUT2D eigenvalue weighted by Crippen LogP contribution is 2.13. The van der Waals surface area contributed by atoms with Crippen LogP contribution < -0.4 is 16.0 Å². The summed E-state index contributed by atoms with van der Waals surface area (Å²) in [6, 6.07) is 13.1. The average Bonchev–Trinajstić information content (AvgIpc) is 3.19. The number of guanidine groups is 1. The van der Waals surface area contributed by atoms with Crippen molar-refractivity contribution in [2.45, 2.75) is 5.92 Å². The SMILES string of the molecule is CN=C(NCCNC(=O)c1ccco1)NCC(CO)c1ccccc1.I. The number of hydrogen-bond acceptors (Lipinski definition) is 4. The van der Waals surface area contributed by atoms with Crippen molar-refractivity contribution in [3.05, 3.63) is 60.1 Å². The minimum atomic E-state index is -0.251. The van der Waals surface area contributed by atoms with Gasteiger partial charge in [0.25, 0.3) is 5.91 Å². The van der Waals surface area contributed by atoms with Crippen LogP contribution in [0.4, 0.5) is 0 Å².